The van der Waals surface area contributed by atoms with Crippen LogP contribution >= 0.6 is 0 Å². The van der Waals surface area contributed by atoms with Crippen molar-refractivity contribution in [3.8, 4) is 11.3 Å². The predicted molar refractivity (Wildman–Crippen MR) is 118 cm³/mol. The largest absolute Gasteiger partial charge is 0.308 e. The van der Waals surface area contributed by atoms with Crippen LogP contribution in [0, 0.1) is 18.4 Å². The van der Waals surface area contributed by atoms with Gasteiger partial charge in [0.25, 0.3) is 0 Å². The van der Waals surface area contributed by atoms with Gasteiger partial charge in [-0.05, 0) is 31.6 Å². The average Bonchev–Trinajstić information content (AvgIpc) is 3.18. The molecule has 4 heteroatoms. The van der Waals surface area contributed by atoms with Crippen LogP contribution in [0.4, 0.5) is 0 Å². The lowest BCUT2D eigenvalue weighted by molar-refractivity contribution is -0.121. The molecule has 0 unspecified atom stereocenters. The summed E-state index contributed by atoms with van der Waals surface area (Å²) in [5, 5.41) is 5.29. The zero-order chi connectivity index (χ0) is 20.9. The second-order valence-electron chi connectivity index (χ2n) is 9.50. The Morgan fingerprint density at radius 2 is 1.87 bits per heavy atom. The number of ketones is 1. The van der Waals surface area contributed by atoms with Gasteiger partial charge in [-0.15, -0.1) is 0 Å². The number of carbonyl (C=O) groups is 1. The first-order valence-corrected chi connectivity index (χ1v) is 11.4. The lowest BCUT2D eigenvalue weighted by Gasteiger charge is -2.44. The Kier molecular flexibility index (Phi) is 4.65. The normalized spacial score (nSPS) is 29.0. The van der Waals surface area contributed by atoms with Gasteiger partial charge >= 0.3 is 0 Å². The summed E-state index contributed by atoms with van der Waals surface area (Å²) in [6.45, 7) is 11.8. The average molecular weight is 400 g/mol. The van der Waals surface area contributed by atoms with Crippen molar-refractivity contribution in [3.63, 3.8) is 0 Å². The highest BCUT2D eigenvalue weighted by Gasteiger charge is 2.50. The van der Waals surface area contributed by atoms with Gasteiger partial charge in [-0.1, -0.05) is 69.5 Å². The summed E-state index contributed by atoms with van der Waals surface area (Å²) >= 11 is 0. The van der Waals surface area contributed by atoms with Crippen LogP contribution in [-0.4, -0.2) is 15.6 Å². The minimum Gasteiger partial charge on any atom is -0.308 e. The number of rotatable bonds is 2. The highest BCUT2D eigenvalue weighted by atomic mass is 16.1. The molecule has 4 nitrogen and oxygen atoms in total. The lowest BCUT2D eigenvalue weighted by atomic mass is 9.58. The van der Waals surface area contributed by atoms with Crippen molar-refractivity contribution in [1.29, 1.82) is 0 Å². The van der Waals surface area contributed by atoms with Gasteiger partial charge < -0.3 is 4.79 Å². The van der Waals surface area contributed by atoms with Crippen molar-refractivity contribution in [2.45, 2.75) is 70.3 Å². The van der Waals surface area contributed by atoms with Crippen LogP contribution in [0.3, 0.4) is 0 Å². The maximum atomic E-state index is 12.7. The molecule has 5 rings (SSSR count). The molecule has 154 valence electrons. The van der Waals surface area contributed by atoms with Crippen molar-refractivity contribution in [1.82, 2.24) is 9.78 Å². The molecular formula is C26H29N3O. The summed E-state index contributed by atoms with van der Waals surface area (Å²) in [5.74, 6) is 0.0875. The molecule has 3 aliphatic carbocycles. The number of benzene rings is 1. The van der Waals surface area contributed by atoms with Crippen molar-refractivity contribution < 1.29 is 4.79 Å². The van der Waals surface area contributed by atoms with Gasteiger partial charge in [-0.2, -0.15) is 5.10 Å². The van der Waals surface area contributed by atoms with Crippen LogP contribution in [0.1, 0.15) is 69.7 Å². The van der Waals surface area contributed by atoms with E-state index in [0.29, 0.717) is 11.7 Å². The van der Waals surface area contributed by atoms with E-state index in [1.807, 2.05) is 13.0 Å². The van der Waals surface area contributed by atoms with Gasteiger partial charge in [-0.25, -0.2) is 4.85 Å². The molecule has 0 radical (unpaired) electrons. The zero-order valence-electron chi connectivity index (χ0n) is 17.9. The van der Waals surface area contributed by atoms with Crippen LogP contribution in [0.2, 0.25) is 0 Å². The van der Waals surface area contributed by atoms with Gasteiger partial charge in [0, 0.05) is 22.5 Å². The number of carbonyl (C=O) groups excluding carboxylic acids is 1. The standard InChI is InChI=1S/C26H29N3O/c1-17-21-15-14-20-23(18-10-6-4-7-11-18)29(19-12-8-5-9-13-19)28-25(20)26(21,2)16-22(27-3)24(17)30/h4,6-7,10-11,16-17,19,21H,5,8-9,12-15H2,1-2H3/t17-,21-,26-/m1/s1. The van der Waals surface area contributed by atoms with Crippen LogP contribution in [-0.2, 0) is 16.6 Å². The van der Waals surface area contributed by atoms with E-state index in [0.717, 1.165) is 18.5 Å². The lowest BCUT2D eigenvalue weighted by Crippen LogP contribution is -2.45. The fraction of sp³-hybridized carbons (Fsp3) is 0.500. The van der Waals surface area contributed by atoms with Crippen LogP contribution in [0.15, 0.2) is 42.1 Å². The predicted octanol–water partition coefficient (Wildman–Crippen LogP) is 5.90. The number of fused-ring (bicyclic) bond motifs is 3. The summed E-state index contributed by atoms with van der Waals surface area (Å²) in [5.41, 5.74) is 4.86. The van der Waals surface area contributed by atoms with E-state index >= 15 is 0 Å². The highest BCUT2D eigenvalue weighted by molar-refractivity contribution is 6.00. The zero-order valence-corrected chi connectivity index (χ0v) is 17.9. The molecule has 30 heavy (non-hydrogen) atoms. The Bertz CT molecular complexity index is 1050. The van der Waals surface area contributed by atoms with Crippen LogP contribution in [0.5, 0.6) is 0 Å². The van der Waals surface area contributed by atoms with Gasteiger partial charge in [0.05, 0.1) is 24.0 Å². The third-order valence-corrected chi connectivity index (χ3v) is 7.79. The maximum Gasteiger partial charge on any atom is 0.226 e. The topological polar surface area (TPSA) is 39.2 Å². The monoisotopic (exact) mass is 399 g/mol. The second kappa shape index (κ2) is 7.23. The Balaban J connectivity index is 1.73. The van der Waals surface area contributed by atoms with Gasteiger partial charge in [-0.3, -0.25) is 4.68 Å². The molecule has 1 aromatic carbocycles. The number of aromatic nitrogens is 2. The SMILES string of the molecule is [C-]#[N+]C1=C[C@@]2(C)c3nn(C4CCCCC4)c(-c4ccccc4)c3CC[C@@H]2[C@@H](C)C1=O. The molecule has 1 aromatic heterocycles. The number of allylic oxidation sites excluding steroid dienone is 2. The molecule has 2 aromatic rings. The molecule has 0 amide bonds. The van der Waals surface area contributed by atoms with Gasteiger partial charge in [0.15, 0.2) is 5.78 Å². The van der Waals surface area contributed by atoms with Gasteiger partial charge in [0.2, 0.25) is 5.70 Å². The summed E-state index contributed by atoms with van der Waals surface area (Å²) in [4.78, 5) is 16.3. The quantitative estimate of drug-likeness (QED) is 0.590. The smallest absolute Gasteiger partial charge is 0.226 e. The Labute approximate surface area is 178 Å². The molecule has 0 bridgehead atoms. The third kappa shape index (κ3) is 2.79. The van der Waals surface area contributed by atoms with Crippen LogP contribution < -0.4 is 0 Å². The molecule has 0 saturated heterocycles. The van der Waals surface area contributed by atoms with Crippen molar-refractivity contribution >= 4 is 5.78 Å². The minimum absolute atomic E-state index is 0.00548. The summed E-state index contributed by atoms with van der Waals surface area (Å²) in [6, 6.07) is 11.1. The number of hydrogen-bond donors (Lipinski definition) is 0. The van der Waals surface area contributed by atoms with Crippen LogP contribution in [0.25, 0.3) is 16.1 Å². The number of nitrogens with zero attached hydrogens (tertiary/aromatic N) is 3. The van der Waals surface area contributed by atoms with Crippen molar-refractivity contribution in [2.24, 2.45) is 11.8 Å². The Morgan fingerprint density at radius 1 is 1.13 bits per heavy atom. The molecule has 1 fully saturated rings. The maximum absolute atomic E-state index is 12.7. The van der Waals surface area contributed by atoms with E-state index in [-0.39, 0.29) is 23.0 Å². The summed E-state index contributed by atoms with van der Waals surface area (Å²) in [6.07, 6.45) is 10.1. The highest BCUT2D eigenvalue weighted by Crippen LogP contribution is 2.52. The number of hydrogen-bond acceptors (Lipinski definition) is 2. The molecule has 3 aliphatic rings. The third-order valence-electron chi connectivity index (χ3n) is 7.79. The molecule has 3 atom stereocenters. The Hall–Kier alpha value is -2.67. The minimum atomic E-state index is -0.357. The van der Waals surface area contributed by atoms with E-state index in [9.17, 15) is 4.79 Å². The summed E-state index contributed by atoms with van der Waals surface area (Å²) in [7, 11) is 0. The van der Waals surface area contributed by atoms with E-state index in [2.05, 4.69) is 46.8 Å². The fourth-order valence-corrected chi connectivity index (χ4v) is 6.21. The first kappa shape index (κ1) is 19.3. The molecule has 1 saturated carbocycles. The first-order chi connectivity index (χ1) is 14.5. The van der Waals surface area contributed by atoms with E-state index in [1.165, 1.54) is 48.9 Å². The molecule has 1 heterocycles. The van der Waals surface area contributed by atoms with E-state index in [1.54, 1.807) is 0 Å². The van der Waals surface area contributed by atoms with Crippen molar-refractivity contribution in [3.05, 3.63) is 64.8 Å². The first-order valence-electron chi connectivity index (χ1n) is 11.4. The van der Waals surface area contributed by atoms with Crippen molar-refractivity contribution in [2.75, 3.05) is 0 Å². The Morgan fingerprint density at radius 3 is 2.57 bits per heavy atom. The molecule has 0 N–H and O–H groups in total. The molecular weight excluding hydrogens is 370 g/mol. The number of Topliss-reactive ketones (excluding diaryl/α,β-unsaturated/α-hetero) is 1. The molecule has 0 spiro atoms. The van der Waals surface area contributed by atoms with E-state index < -0.39 is 0 Å². The fourth-order valence-electron chi connectivity index (χ4n) is 6.21. The van der Waals surface area contributed by atoms with E-state index in [4.69, 9.17) is 11.7 Å². The second-order valence-corrected chi connectivity index (χ2v) is 9.50. The molecule has 0 aliphatic heterocycles. The summed E-state index contributed by atoms with van der Waals surface area (Å²) < 4.78 is 2.32. The van der Waals surface area contributed by atoms with Gasteiger partial charge in [0.1, 0.15) is 0 Å².